The quantitative estimate of drug-likeness (QED) is 0.883. The molecule has 2 saturated heterocycles. The summed E-state index contributed by atoms with van der Waals surface area (Å²) in [6, 6.07) is 8.13. The number of fused-ring (bicyclic) bond motifs is 1. The molecule has 0 amide bonds. The van der Waals surface area contributed by atoms with Gasteiger partial charge in [0.2, 0.25) is 0 Å². The largest absolute Gasteiger partial charge is 0.387 e. The van der Waals surface area contributed by atoms with Gasteiger partial charge in [-0.25, -0.2) is 0 Å². The van der Waals surface area contributed by atoms with Crippen LogP contribution in [0.5, 0.6) is 0 Å². The molecule has 0 saturated carbocycles. The van der Waals surface area contributed by atoms with Crippen molar-refractivity contribution in [2.24, 2.45) is 0 Å². The summed E-state index contributed by atoms with van der Waals surface area (Å²) < 4.78 is 0. The Kier molecular flexibility index (Phi) is 4.86. The van der Waals surface area contributed by atoms with Crippen molar-refractivity contribution in [3.8, 4) is 0 Å². The van der Waals surface area contributed by atoms with Crippen LogP contribution >= 0.6 is 0 Å². The number of pyridine rings is 1. The summed E-state index contributed by atoms with van der Waals surface area (Å²) in [6.07, 6.45) is 4.58. The molecule has 2 aliphatic heterocycles. The first kappa shape index (κ1) is 17.7. The van der Waals surface area contributed by atoms with E-state index < -0.39 is 5.60 Å². The van der Waals surface area contributed by atoms with Gasteiger partial charge in [0.25, 0.3) is 5.56 Å². The zero-order valence-electron chi connectivity index (χ0n) is 15.6. The first-order chi connectivity index (χ1) is 12.5. The average Bonchev–Trinajstić information content (AvgIpc) is 2.97. The molecule has 0 unspecified atom stereocenters. The van der Waals surface area contributed by atoms with Crippen LogP contribution in [0.3, 0.4) is 0 Å². The van der Waals surface area contributed by atoms with Crippen molar-refractivity contribution >= 4 is 10.9 Å². The van der Waals surface area contributed by atoms with Gasteiger partial charge in [-0.1, -0.05) is 18.6 Å². The van der Waals surface area contributed by atoms with Gasteiger partial charge in [0, 0.05) is 37.3 Å². The number of rotatable bonds is 4. The van der Waals surface area contributed by atoms with Crippen LogP contribution in [0.1, 0.15) is 36.8 Å². The normalized spacial score (nSPS) is 25.2. The molecule has 1 atom stereocenters. The van der Waals surface area contributed by atoms with Gasteiger partial charge < -0.3 is 15.0 Å². The number of hydrogen-bond acceptors (Lipinski definition) is 4. The van der Waals surface area contributed by atoms with Crippen molar-refractivity contribution in [2.45, 2.75) is 44.8 Å². The first-order valence-electron chi connectivity index (χ1n) is 9.80. The summed E-state index contributed by atoms with van der Waals surface area (Å²) in [5, 5.41) is 12.1. The fourth-order valence-electron chi connectivity index (χ4n) is 4.46. The second-order valence-corrected chi connectivity index (χ2v) is 8.24. The molecule has 1 aromatic carbocycles. The third-order valence-electron chi connectivity index (χ3n) is 5.85. The minimum Gasteiger partial charge on any atom is -0.387 e. The van der Waals surface area contributed by atoms with Crippen molar-refractivity contribution in [3.05, 3.63) is 45.7 Å². The molecule has 0 radical (unpaired) electrons. The Morgan fingerprint density at radius 3 is 2.73 bits per heavy atom. The molecule has 3 heterocycles. The van der Waals surface area contributed by atoms with Crippen molar-refractivity contribution in [2.75, 3.05) is 32.7 Å². The number of H-pyrrole nitrogens is 1. The first-order valence-corrected chi connectivity index (χ1v) is 9.80. The predicted molar refractivity (Wildman–Crippen MR) is 104 cm³/mol. The molecule has 5 heteroatoms. The Hall–Kier alpha value is -1.69. The highest BCUT2D eigenvalue weighted by molar-refractivity contribution is 5.79. The average molecular weight is 355 g/mol. The summed E-state index contributed by atoms with van der Waals surface area (Å²) in [5.74, 6) is 0. The number of β-amino-alcohol motifs (C(OH)–C–C–N with tert-alkyl or cyclic N) is 1. The van der Waals surface area contributed by atoms with E-state index in [2.05, 4.69) is 26.9 Å². The highest BCUT2D eigenvalue weighted by Gasteiger charge is 2.37. The maximum absolute atomic E-state index is 12.5. The van der Waals surface area contributed by atoms with Gasteiger partial charge >= 0.3 is 0 Å². The van der Waals surface area contributed by atoms with E-state index >= 15 is 0 Å². The minimum absolute atomic E-state index is 0.0189. The topological polar surface area (TPSA) is 59.6 Å². The van der Waals surface area contributed by atoms with Gasteiger partial charge in [-0.15, -0.1) is 0 Å². The van der Waals surface area contributed by atoms with Crippen molar-refractivity contribution in [1.82, 2.24) is 14.8 Å². The lowest BCUT2D eigenvalue weighted by Crippen LogP contribution is -2.46. The van der Waals surface area contributed by atoms with Gasteiger partial charge in [0.05, 0.1) is 5.60 Å². The molecule has 2 aliphatic rings. The van der Waals surface area contributed by atoms with Gasteiger partial charge in [0.15, 0.2) is 0 Å². The summed E-state index contributed by atoms with van der Waals surface area (Å²) >= 11 is 0. The van der Waals surface area contributed by atoms with Crippen LogP contribution in [-0.4, -0.2) is 58.2 Å². The summed E-state index contributed by atoms with van der Waals surface area (Å²) in [6.45, 7) is 7.08. The Morgan fingerprint density at radius 2 is 1.92 bits per heavy atom. The van der Waals surface area contributed by atoms with Crippen molar-refractivity contribution in [3.63, 3.8) is 0 Å². The fraction of sp³-hybridized carbons (Fsp3) is 0.571. The van der Waals surface area contributed by atoms with Gasteiger partial charge in [0.1, 0.15) is 0 Å². The molecule has 2 fully saturated rings. The smallest absolute Gasteiger partial charge is 0.252 e. The van der Waals surface area contributed by atoms with Crippen molar-refractivity contribution < 1.29 is 5.11 Å². The lowest BCUT2D eigenvalue weighted by molar-refractivity contribution is 0.00632. The van der Waals surface area contributed by atoms with E-state index in [9.17, 15) is 9.90 Å². The van der Waals surface area contributed by atoms with Crippen LogP contribution in [-0.2, 0) is 6.54 Å². The number of aryl methyl sites for hydroxylation is 1. The maximum Gasteiger partial charge on any atom is 0.252 e. The van der Waals surface area contributed by atoms with Crippen molar-refractivity contribution in [1.29, 1.82) is 0 Å². The second kappa shape index (κ2) is 7.14. The van der Waals surface area contributed by atoms with Gasteiger partial charge in [-0.2, -0.15) is 0 Å². The summed E-state index contributed by atoms with van der Waals surface area (Å²) in [4.78, 5) is 20.1. The molecule has 26 heavy (non-hydrogen) atoms. The molecule has 2 aromatic rings. The molecule has 0 aliphatic carbocycles. The van der Waals surface area contributed by atoms with Crippen LogP contribution in [0.4, 0.5) is 0 Å². The summed E-state index contributed by atoms with van der Waals surface area (Å²) in [5.41, 5.74) is 2.15. The number of likely N-dealkylation sites (tertiary alicyclic amines) is 2. The zero-order chi connectivity index (χ0) is 18.1. The molecular formula is C21H29N3O2. The summed E-state index contributed by atoms with van der Waals surface area (Å²) in [7, 11) is 0. The van der Waals surface area contributed by atoms with E-state index in [0.29, 0.717) is 13.1 Å². The van der Waals surface area contributed by atoms with Crippen LogP contribution < -0.4 is 5.56 Å². The fourth-order valence-corrected chi connectivity index (χ4v) is 4.46. The number of benzene rings is 1. The maximum atomic E-state index is 12.5. The highest BCUT2D eigenvalue weighted by atomic mass is 16.3. The number of aliphatic hydroxyl groups is 1. The zero-order valence-corrected chi connectivity index (χ0v) is 15.6. The van der Waals surface area contributed by atoms with Gasteiger partial charge in [-0.05, 0) is 62.4 Å². The van der Waals surface area contributed by atoms with E-state index in [1.807, 2.05) is 19.1 Å². The second-order valence-electron chi connectivity index (χ2n) is 8.24. The number of aromatic nitrogens is 1. The monoisotopic (exact) mass is 355 g/mol. The van der Waals surface area contributed by atoms with E-state index in [-0.39, 0.29) is 5.56 Å². The molecule has 4 rings (SSSR count). The molecule has 1 aromatic heterocycles. The van der Waals surface area contributed by atoms with E-state index in [1.165, 1.54) is 19.3 Å². The highest BCUT2D eigenvalue weighted by Crippen LogP contribution is 2.25. The Bertz CT molecular complexity index is 841. The Balaban J connectivity index is 1.44. The standard InChI is InChI=1S/C21H29N3O2/c1-16-5-6-17-12-18(20(25)22-19(17)11-16)13-24-10-7-21(26,15-24)14-23-8-3-2-4-9-23/h5-6,11-12,26H,2-4,7-10,13-15H2,1H3,(H,22,25)/t21-/m1/s1. The van der Waals surface area contributed by atoms with E-state index in [0.717, 1.165) is 54.6 Å². The van der Waals surface area contributed by atoms with Crippen LogP contribution in [0.25, 0.3) is 10.9 Å². The number of nitrogens with zero attached hydrogens (tertiary/aromatic N) is 2. The Labute approximate surface area is 154 Å². The number of nitrogens with one attached hydrogen (secondary N) is 1. The molecule has 0 bridgehead atoms. The lowest BCUT2D eigenvalue weighted by Gasteiger charge is -2.33. The number of piperidine rings is 1. The van der Waals surface area contributed by atoms with Gasteiger partial charge in [-0.3, -0.25) is 9.69 Å². The van der Waals surface area contributed by atoms with Crippen LogP contribution in [0.2, 0.25) is 0 Å². The molecular weight excluding hydrogens is 326 g/mol. The van der Waals surface area contributed by atoms with E-state index in [1.54, 1.807) is 0 Å². The SMILES string of the molecule is Cc1ccc2cc(CN3CC[C@@](O)(CN4CCCCC4)C3)c(=O)[nH]c2c1. The predicted octanol–water partition coefficient (Wildman–Crippen LogP) is 2.26. The molecule has 0 spiro atoms. The molecule has 5 nitrogen and oxygen atoms in total. The lowest BCUT2D eigenvalue weighted by atomic mass is 10.0. The molecule has 2 N–H and O–H groups in total. The number of aromatic amines is 1. The third-order valence-corrected chi connectivity index (χ3v) is 5.85. The number of hydrogen-bond donors (Lipinski definition) is 2. The molecule has 140 valence electrons. The van der Waals surface area contributed by atoms with Crippen LogP contribution in [0, 0.1) is 6.92 Å². The minimum atomic E-state index is -0.641. The van der Waals surface area contributed by atoms with Crippen LogP contribution in [0.15, 0.2) is 29.1 Å². The van der Waals surface area contributed by atoms with E-state index in [4.69, 9.17) is 0 Å². The third kappa shape index (κ3) is 3.85. The Morgan fingerprint density at radius 1 is 1.12 bits per heavy atom.